The Balaban J connectivity index is 1.69. The summed E-state index contributed by atoms with van der Waals surface area (Å²) in [6.45, 7) is 3.36. The molecule has 0 aliphatic carbocycles. The highest BCUT2D eigenvalue weighted by atomic mass is 32.2. The lowest BCUT2D eigenvalue weighted by atomic mass is 10.0. The average Bonchev–Trinajstić information content (AvgIpc) is 3.07. The van der Waals surface area contributed by atoms with Gasteiger partial charge in [0.2, 0.25) is 0 Å². The molecule has 4 nitrogen and oxygen atoms in total. The number of rotatable bonds is 5. The third-order valence-electron chi connectivity index (χ3n) is 3.87. The number of aliphatic hydroxyl groups is 1. The van der Waals surface area contributed by atoms with Gasteiger partial charge in [-0.3, -0.25) is 4.57 Å². The molecule has 1 aromatic heterocycles. The van der Waals surface area contributed by atoms with Gasteiger partial charge in [-0.25, -0.2) is 4.98 Å². The predicted octanol–water partition coefficient (Wildman–Crippen LogP) is 2.14. The molecular formula is C16H21N3OS. The first-order chi connectivity index (χ1) is 10.2. The van der Waals surface area contributed by atoms with Crippen LogP contribution >= 0.6 is 11.8 Å². The number of nitrogens with zero attached hydrogens (tertiary/aromatic N) is 2. The van der Waals surface area contributed by atoms with E-state index in [9.17, 15) is 5.11 Å². The summed E-state index contributed by atoms with van der Waals surface area (Å²) in [5.74, 6) is 2.86. The number of benzene rings is 1. The molecule has 0 spiro atoms. The molecule has 1 aliphatic rings. The highest BCUT2D eigenvalue weighted by Crippen LogP contribution is 2.27. The summed E-state index contributed by atoms with van der Waals surface area (Å²) in [5, 5.41) is 13.7. The zero-order valence-electron chi connectivity index (χ0n) is 12.2. The van der Waals surface area contributed by atoms with Crippen molar-refractivity contribution in [3.63, 3.8) is 0 Å². The van der Waals surface area contributed by atoms with Crippen LogP contribution in [0.3, 0.4) is 0 Å². The van der Waals surface area contributed by atoms with E-state index in [1.807, 2.05) is 43.1 Å². The number of hydrogen-bond donors (Lipinski definition) is 2. The van der Waals surface area contributed by atoms with Crippen LogP contribution in [0, 0.1) is 6.92 Å². The largest absolute Gasteiger partial charge is 0.388 e. The lowest BCUT2D eigenvalue weighted by Gasteiger charge is -2.21. The third kappa shape index (κ3) is 3.31. The second-order valence-corrected chi connectivity index (χ2v) is 6.70. The summed E-state index contributed by atoms with van der Waals surface area (Å²) in [7, 11) is 0. The highest BCUT2D eigenvalue weighted by molar-refractivity contribution is 7.99. The maximum atomic E-state index is 10.4. The summed E-state index contributed by atoms with van der Waals surface area (Å²) < 4.78 is 2.15. The van der Waals surface area contributed by atoms with Gasteiger partial charge >= 0.3 is 0 Å². The molecule has 5 heteroatoms. The lowest BCUT2D eigenvalue weighted by molar-refractivity contribution is 0.0673. The van der Waals surface area contributed by atoms with Crippen molar-refractivity contribution in [1.82, 2.24) is 14.9 Å². The van der Waals surface area contributed by atoms with E-state index in [2.05, 4.69) is 27.0 Å². The SMILES string of the molecule is Cc1ncc(CNCC2(O)CCSC2)n1-c1ccccc1. The van der Waals surface area contributed by atoms with E-state index in [0.29, 0.717) is 13.1 Å². The van der Waals surface area contributed by atoms with Crippen LogP contribution in [0.2, 0.25) is 0 Å². The summed E-state index contributed by atoms with van der Waals surface area (Å²) in [6.07, 6.45) is 2.78. The van der Waals surface area contributed by atoms with Gasteiger partial charge in [0.1, 0.15) is 5.82 Å². The van der Waals surface area contributed by atoms with E-state index >= 15 is 0 Å². The van der Waals surface area contributed by atoms with E-state index in [1.54, 1.807) is 0 Å². The molecule has 1 atom stereocenters. The van der Waals surface area contributed by atoms with Gasteiger partial charge in [-0.1, -0.05) is 18.2 Å². The molecule has 2 heterocycles. The molecule has 0 saturated carbocycles. The van der Waals surface area contributed by atoms with Crippen molar-refractivity contribution in [3.05, 3.63) is 48.0 Å². The molecule has 0 radical (unpaired) electrons. The zero-order chi connectivity index (χ0) is 14.7. The van der Waals surface area contributed by atoms with E-state index in [-0.39, 0.29) is 0 Å². The van der Waals surface area contributed by atoms with Crippen LogP contribution in [0.15, 0.2) is 36.5 Å². The Morgan fingerprint density at radius 2 is 2.19 bits per heavy atom. The summed E-state index contributed by atoms with van der Waals surface area (Å²) >= 11 is 1.82. The first-order valence-corrected chi connectivity index (χ1v) is 8.43. The standard InChI is InChI=1S/C16H21N3OS/c1-13-18-10-15(19(13)14-5-3-2-4-6-14)9-17-11-16(20)7-8-21-12-16/h2-6,10,17,20H,7-9,11-12H2,1H3. The smallest absolute Gasteiger partial charge is 0.110 e. The quantitative estimate of drug-likeness (QED) is 0.888. The van der Waals surface area contributed by atoms with Crippen LogP contribution in [0.1, 0.15) is 17.9 Å². The zero-order valence-corrected chi connectivity index (χ0v) is 13.1. The normalized spacial score (nSPS) is 21.8. The molecule has 1 fully saturated rings. The topological polar surface area (TPSA) is 50.1 Å². The Morgan fingerprint density at radius 1 is 1.38 bits per heavy atom. The van der Waals surface area contributed by atoms with Gasteiger partial charge in [0.25, 0.3) is 0 Å². The highest BCUT2D eigenvalue weighted by Gasteiger charge is 2.31. The molecule has 1 saturated heterocycles. The monoisotopic (exact) mass is 303 g/mol. The minimum absolute atomic E-state index is 0.544. The van der Waals surface area contributed by atoms with Crippen LogP contribution in [0.25, 0.3) is 5.69 Å². The molecule has 0 bridgehead atoms. The van der Waals surface area contributed by atoms with Crippen molar-refractivity contribution in [3.8, 4) is 5.69 Å². The summed E-state index contributed by atoms with van der Waals surface area (Å²) in [4.78, 5) is 4.42. The minimum Gasteiger partial charge on any atom is -0.388 e. The Labute approximate surface area is 129 Å². The van der Waals surface area contributed by atoms with Crippen LogP contribution in [0.4, 0.5) is 0 Å². The molecule has 1 aliphatic heterocycles. The molecule has 21 heavy (non-hydrogen) atoms. The van der Waals surface area contributed by atoms with Crippen molar-refractivity contribution < 1.29 is 5.11 Å². The number of nitrogens with one attached hydrogen (secondary N) is 1. The van der Waals surface area contributed by atoms with Gasteiger partial charge < -0.3 is 10.4 Å². The second-order valence-electron chi connectivity index (χ2n) is 5.60. The number of aromatic nitrogens is 2. The molecule has 1 aromatic carbocycles. The van der Waals surface area contributed by atoms with Crippen molar-refractivity contribution in [2.75, 3.05) is 18.1 Å². The fourth-order valence-electron chi connectivity index (χ4n) is 2.70. The van der Waals surface area contributed by atoms with Gasteiger partial charge in [0.05, 0.1) is 17.5 Å². The summed E-state index contributed by atoms with van der Waals surface area (Å²) in [6, 6.07) is 10.2. The van der Waals surface area contributed by atoms with E-state index in [0.717, 1.165) is 35.1 Å². The van der Waals surface area contributed by atoms with E-state index in [4.69, 9.17) is 0 Å². The van der Waals surface area contributed by atoms with E-state index < -0.39 is 5.60 Å². The van der Waals surface area contributed by atoms with Crippen molar-refractivity contribution in [2.24, 2.45) is 0 Å². The maximum absolute atomic E-state index is 10.4. The van der Waals surface area contributed by atoms with Gasteiger partial charge in [-0.2, -0.15) is 11.8 Å². The van der Waals surface area contributed by atoms with Crippen molar-refractivity contribution >= 4 is 11.8 Å². The van der Waals surface area contributed by atoms with Crippen molar-refractivity contribution in [2.45, 2.75) is 25.5 Å². The fourth-order valence-corrected chi connectivity index (χ4v) is 4.00. The number of para-hydroxylation sites is 1. The molecule has 3 rings (SSSR count). The van der Waals surface area contributed by atoms with Gasteiger partial charge in [0, 0.05) is 24.5 Å². The molecule has 112 valence electrons. The van der Waals surface area contributed by atoms with Gasteiger partial charge in [-0.15, -0.1) is 0 Å². The van der Waals surface area contributed by atoms with Crippen LogP contribution < -0.4 is 5.32 Å². The number of thioether (sulfide) groups is 1. The lowest BCUT2D eigenvalue weighted by Crippen LogP contribution is -2.40. The Hall–Kier alpha value is -1.30. The van der Waals surface area contributed by atoms with Gasteiger partial charge in [0.15, 0.2) is 0 Å². The minimum atomic E-state index is -0.544. The van der Waals surface area contributed by atoms with Crippen molar-refractivity contribution in [1.29, 1.82) is 0 Å². The first kappa shape index (κ1) is 14.6. The third-order valence-corrected chi connectivity index (χ3v) is 5.10. The average molecular weight is 303 g/mol. The molecular weight excluding hydrogens is 282 g/mol. The van der Waals surface area contributed by atoms with Crippen LogP contribution in [-0.4, -0.2) is 38.3 Å². The summed E-state index contributed by atoms with van der Waals surface area (Å²) in [5.41, 5.74) is 1.70. The maximum Gasteiger partial charge on any atom is 0.110 e. The van der Waals surface area contributed by atoms with Gasteiger partial charge in [-0.05, 0) is 31.2 Å². The number of imidazole rings is 1. The number of aryl methyl sites for hydroxylation is 1. The molecule has 1 unspecified atom stereocenters. The van der Waals surface area contributed by atoms with E-state index in [1.165, 1.54) is 0 Å². The Morgan fingerprint density at radius 3 is 2.90 bits per heavy atom. The second kappa shape index (κ2) is 6.22. The molecule has 2 aromatic rings. The Kier molecular flexibility index (Phi) is 4.33. The fraction of sp³-hybridized carbons (Fsp3) is 0.438. The predicted molar refractivity (Wildman–Crippen MR) is 86.9 cm³/mol. The first-order valence-electron chi connectivity index (χ1n) is 7.27. The van der Waals surface area contributed by atoms with Crippen LogP contribution in [-0.2, 0) is 6.54 Å². The molecule has 2 N–H and O–H groups in total. The Bertz CT molecular complexity index is 591. The van der Waals surface area contributed by atoms with Crippen LogP contribution in [0.5, 0.6) is 0 Å². The number of hydrogen-bond acceptors (Lipinski definition) is 4. The molecule has 0 amide bonds.